The van der Waals surface area contributed by atoms with Gasteiger partial charge in [-0.25, -0.2) is 4.79 Å². The fourth-order valence-electron chi connectivity index (χ4n) is 2.43. The number of nitrogens with one attached hydrogen (secondary N) is 2. The molecule has 12 heteroatoms. The van der Waals surface area contributed by atoms with Crippen molar-refractivity contribution in [2.24, 2.45) is 5.73 Å². The van der Waals surface area contributed by atoms with E-state index in [9.17, 15) is 18.0 Å². The first-order valence-electron chi connectivity index (χ1n) is 6.06. The average Bonchev–Trinajstić information content (AvgIpc) is 2.60. The molecule has 2 fully saturated rings. The Morgan fingerprint density at radius 3 is 2.76 bits per heavy atom. The summed E-state index contributed by atoms with van der Waals surface area (Å²) in [7, 11) is -4.79. The molecule has 2 bridgehead atoms. The molecule has 21 heavy (non-hydrogen) atoms. The van der Waals surface area contributed by atoms with Gasteiger partial charge in [0.2, 0.25) is 5.91 Å². The molecular formula is C9H15N5O6S. The summed E-state index contributed by atoms with van der Waals surface area (Å²) >= 11 is 0. The molecule has 0 aromatic carbocycles. The van der Waals surface area contributed by atoms with E-state index in [0.29, 0.717) is 17.9 Å². The molecule has 118 valence electrons. The molecule has 0 spiro atoms. The van der Waals surface area contributed by atoms with Gasteiger partial charge < -0.3 is 16.0 Å². The highest BCUT2D eigenvalue weighted by molar-refractivity contribution is 7.80. The Kier molecular flexibility index (Phi) is 4.02. The average molecular weight is 321 g/mol. The quantitative estimate of drug-likeness (QED) is 0.259. The first-order valence-corrected chi connectivity index (χ1v) is 7.43. The van der Waals surface area contributed by atoms with Crippen LogP contribution in [0.25, 0.3) is 0 Å². The molecule has 11 nitrogen and oxygen atoms in total. The summed E-state index contributed by atoms with van der Waals surface area (Å²) < 4.78 is 34.4. The zero-order valence-electron chi connectivity index (χ0n) is 10.9. The molecule has 5 N–H and O–H groups in total. The van der Waals surface area contributed by atoms with Crippen LogP contribution in [0.4, 0.5) is 4.79 Å². The van der Waals surface area contributed by atoms with Crippen LogP contribution in [0.2, 0.25) is 0 Å². The first-order chi connectivity index (χ1) is 9.69. The molecule has 2 aliphatic rings. The Morgan fingerprint density at radius 2 is 2.19 bits per heavy atom. The van der Waals surface area contributed by atoms with Gasteiger partial charge in [0, 0.05) is 6.54 Å². The van der Waals surface area contributed by atoms with Gasteiger partial charge in [-0.05, 0) is 12.8 Å². The van der Waals surface area contributed by atoms with Gasteiger partial charge in [-0.2, -0.15) is 13.5 Å². The minimum absolute atomic E-state index is 0.0608. The van der Waals surface area contributed by atoms with Crippen molar-refractivity contribution in [3.63, 3.8) is 0 Å². The van der Waals surface area contributed by atoms with Crippen molar-refractivity contribution in [3.05, 3.63) is 0 Å². The number of piperidine rings is 1. The molecule has 0 saturated carbocycles. The summed E-state index contributed by atoms with van der Waals surface area (Å²) in [5.74, 6) is -0.702. The Bertz CT molecular complexity index is 577. The third-order valence-electron chi connectivity index (χ3n) is 3.28. The lowest BCUT2D eigenvalue weighted by Gasteiger charge is -2.30. The van der Waals surface area contributed by atoms with Gasteiger partial charge in [-0.3, -0.25) is 14.8 Å². The number of rotatable bonds is 5. The molecule has 2 aliphatic heterocycles. The highest BCUT2D eigenvalue weighted by Crippen LogP contribution is 2.30. The third-order valence-corrected chi connectivity index (χ3v) is 3.63. The number of nitrogens with zero attached hydrogens (tertiary/aromatic N) is 2. The second kappa shape index (κ2) is 5.46. The minimum Gasteiger partial charge on any atom is -0.368 e. The van der Waals surface area contributed by atoms with E-state index in [4.69, 9.17) is 15.7 Å². The molecule has 0 aliphatic carbocycles. The molecule has 0 aromatic heterocycles. The fraction of sp³-hybridized carbons (Fsp3) is 0.667. The largest absolute Gasteiger partial charge is 0.418 e. The maximum absolute atomic E-state index is 12.1. The molecule has 2 heterocycles. The Hall–Kier alpha value is -1.92. The smallest absolute Gasteiger partial charge is 0.368 e. The van der Waals surface area contributed by atoms with E-state index in [2.05, 4.69) is 9.60 Å². The number of hydrogen-bond donors (Lipinski definition) is 4. The summed E-state index contributed by atoms with van der Waals surface area (Å²) in [5.41, 5.74) is 4.96. The second-order valence-corrected chi connectivity index (χ2v) is 5.75. The van der Waals surface area contributed by atoms with Crippen molar-refractivity contribution in [1.29, 1.82) is 5.41 Å². The second-order valence-electron chi connectivity index (χ2n) is 4.74. The van der Waals surface area contributed by atoms with Crippen molar-refractivity contribution in [1.82, 2.24) is 15.3 Å². The van der Waals surface area contributed by atoms with Crippen LogP contribution in [-0.4, -0.2) is 65.9 Å². The lowest BCUT2D eigenvalue weighted by molar-refractivity contribution is -0.117. The van der Waals surface area contributed by atoms with Crippen molar-refractivity contribution < 1.29 is 26.8 Å². The number of nitrogens with two attached hydrogens (primary N) is 1. The molecule has 0 unspecified atom stereocenters. The molecule has 3 amide bonds. The summed E-state index contributed by atoms with van der Waals surface area (Å²) in [6, 6.07) is -1.89. The molecule has 0 aromatic rings. The number of amides is 3. The fourth-order valence-corrected chi connectivity index (χ4v) is 2.82. The lowest BCUT2D eigenvalue weighted by Crippen LogP contribution is -2.50. The van der Waals surface area contributed by atoms with Crippen LogP contribution in [0.15, 0.2) is 0 Å². The molecule has 2 atom stereocenters. The molecule has 2 rings (SSSR count). The van der Waals surface area contributed by atoms with Gasteiger partial charge in [0.15, 0.2) is 0 Å². The van der Waals surface area contributed by atoms with E-state index in [1.807, 2.05) is 0 Å². The number of amidine groups is 1. The number of urea groups is 1. The van der Waals surface area contributed by atoms with Gasteiger partial charge in [0.25, 0.3) is 0 Å². The lowest BCUT2D eigenvalue weighted by atomic mass is 10.00. The van der Waals surface area contributed by atoms with Crippen LogP contribution in [0.3, 0.4) is 0 Å². The number of primary amides is 1. The van der Waals surface area contributed by atoms with Crippen molar-refractivity contribution in [2.45, 2.75) is 24.9 Å². The monoisotopic (exact) mass is 321 g/mol. The van der Waals surface area contributed by atoms with Crippen molar-refractivity contribution in [2.75, 3.05) is 13.1 Å². The van der Waals surface area contributed by atoms with E-state index in [0.717, 1.165) is 0 Å². The summed E-state index contributed by atoms with van der Waals surface area (Å²) in [6.07, 6.45) is 0.787. The highest BCUT2D eigenvalue weighted by atomic mass is 32.3. The highest BCUT2D eigenvalue weighted by Gasteiger charge is 2.48. The Labute approximate surface area is 120 Å². The minimum atomic E-state index is -4.79. The zero-order chi connectivity index (χ0) is 15.8. The summed E-state index contributed by atoms with van der Waals surface area (Å²) in [6.45, 7) is -0.0638. The van der Waals surface area contributed by atoms with Gasteiger partial charge in [0.1, 0.15) is 5.84 Å². The van der Waals surface area contributed by atoms with Gasteiger partial charge in [-0.1, -0.05) is 0 Å². The van der Waals surface area contributed by atoms with Gasteiger partial charge in [0.05, 0.1) is 18.6 Å². The Morgan fingerprint density at radius 1 is 1.52 bits per heavy atom. The van der Waals surface area contributed by atoms with Crippen LogP contribution in [-0.2, 0) is 19.5 Å². The normalized spacial score (nSPS) is 25.1. The van der Waals surface area contributed by atoms with Crippen LogP contribution >= 0.6 is 0 Å². The molecular weight excluding hydrogens is 306 g/mol. The van der Waals surface area contributed by atoms with E-state index in [-0.39, 0.29) is 18.9 Å². The summed E-state index contributed by atoms with van der Waals surface area (Å²) in [4.78, 5) is 24.0. The number of carbonyl (C=O) groups excluding carboxylic acids is 2. The van der Waals surface area contributed by atoms with Crippen LogP contribution in [0, 0.1) is 5.41 Å². The van der Waals surface area contributed by atoms with Crippen LogP contribution < -0.4 is 11.1 Å². The first kappa shape index (κ1) is 15.5. The molecule has 2 saturated heterocycles. The molecule has 0 radical (unpaired) electrons. The number of hydroxylamine groups is 2. The number of hydrogen-bond acceptors (Lipinski definition) is 6. The van der Waals surface area contributed by atoms with Crippen molar-refractivity contribution >= 4 is 28.2 Å². The van der Waals surface area contributed by atoms with E-state index in [1.54, 1.807) is 0 Å². The van der Waals surface area contributed by atoms with Crippen LogP contribution in [0.5, 0.6) is 0 Å². The predicted octanol–water partition coefficient (Wildman–Crippen LogP) is -1.96. The third kappa shape index (κ3) is 3.40. The van der Waals surface area contributed by atoms with Gasteiger partial charge in [-0.15, -0.1) is 4.28 Å². The van der Waals surface area contributed by atoms with E-state index < -0.39 is 34.4 Å². The van der Waals surface area contributed by atoms with Crippen molar-refractivity contribution in [3.8, 4) is 0 Å². The Balaban J connectivity index is 2.06. The topological polar surface area (TPSA) is 166 Å². The SMILES string of the molecule is N=C(NCC(N)=O)[C@@H]1CC[C@@H]2CN1C(=O)N2OS(=O)(=O)O. The predicted molar refractivity (Wildman–Crippen MR) is 68.3 cm³/mol. The zero-order valence-corrected chi connectivity index (χ0v) is 11.7. The van der Waals surface area contributed by atoms with Crippen LogP contribution in [0.1, 0.15) is 12.8 Å². The maximum atomic E-state index is 12.1. The number of fused-ring (bicyclic) bond motifs is 2. The van der Waals surface area contributed by atoms with Gasteiger partial charge >= 0.3 is 16.4 Å². The number of carbonyl (C=O) groups is 2. The van der Waals surface area contributed by atoms with E-state index >= 15 is 0 Å². The summed E-state index contributed by atoms with van der Waals surface area (Å²) in [5, 5.41) is 10.9. The standard InChI is InChI=1S/C9H15N5O6S/c10-7(15)3-12-8(11)6-2-1-5-4-13(6)9(16)14(5)20-21(17,18)19/h5-6H,1-4H2,(H2,10,15)(H2,11,12)(H,17,18,19)/t5-,6+/m1/s1. The maximum Gasteiger partial charge on any atom is 0.418 e. The van der Waals surface area contributed by atoms with E-state index in [1.165, 1.54) is 4.90 Å².